The van der Waals surface area contributed by atoms with Crippen LogP contribution in [0.5, 0.6) is 11.5 Å². The number of aromatic carboxylic acids is 1. The van der Waals surface area contributed by atoms with Crippen LogP contribution in [0.25, 0.3) is 0 Å². The molecule has 2 rings (SSSR count). The predicted octanol–water partition coefficient (Wildman–Crippen LogP) is 2.06. The summed E-state index contributed by atoms with van der Waals surface area (Å²) < 4.78 is 5.35. The minimum atomic E-state index is -1.08. The molecule has 2 N–H and O–H groups in total. The molecule has 1 heterocycles. The Morgan fingerprint density at radius 2 is 1.94 bits per heavy atom. The molecular formula is C13H11NO4. The molecule has 0 saturated heterocycles. The molecule has 0 atom stereocenters. The van der Waals surface area contributed by atoms with E-state index < -0.39 is 5.97 Å². The number of carboxylic acid groups (broad SMARTS) is 1. The molecule has 0 bridgehead atoms. The number of phenols is 1. The van der Waals surface area contributed by atoms with Gasteiger partial charge in [-0.1, -0.05) is 18.2 Å². The van der Waals surface area contributed by atoms with Crippen molar-refractivity contribution in [1.29, 1.82) is 0 Å². The Hall–Kier alpha value is -2.56. The molecule has 5 nitrogen and oxygen atoms in total. The number of carboxylic acids is 1. The molecule has 0 amide bonds. The van der Waals surface area contributed by atoms with Gasteiger partial charge in [0.05, 0.1) is 5.69 Å². The van der Waals surface area contributed by atoms with Gasteiger partial charge >= 0.3 is 5.97 Å². The lowest BCUT2D eigenvalue weighted by atomic mass is 10.3. The Morgan fingerprint density at radius 3 is 2.67 bits per heavy atom. The van der Waals surface area contributed by atoms with Crippen LogP contribution >= 0.6 is 0 Å². The molecule has 92 valence electrons. The summed E-state index contributed by atoms with van der Waals surface area (Å²) in [6, 6.07) is 11.2. The van der Waals surface area contributed by atoms with Gasteiger partial charge in [-0.2, -0.15) is 0 Å². The van der Waals surface area contributed by atoms with E-state index in [9.17, 15) is 9.90 Å². The van der Waals surface area contributed by atoms with Crippen LogP contribution in [-0.2, 0) is 6.61 Å². The van der Waals surface area contributed by atoms with Gasteiger partial charge in [-0.3, -0.25) is 0 Å². The van der Waals surface area contributed by atoms with Gasteiger partial charge in [-0.05, 0) is 24.3 Å². The van der Waals surface area contributed by atoms with Crippen molar-refractivity contribution in [3.63, 3.8) is 0 Å². The fourth-order valence-electron chi connectivity index (χ4n) is 1.41. The molecule has 0 aliphatic heterocycles. The highest BCUT2D eigenvalue weighted by Gasteiger charge is 2.06. The van der Waals surface area contributed by atoms with Crippen LogP contribution in [-0.4, -0.2) is 21.2 Å². The first kappa shape index (κ1) is 11.9. The van der Waals surface area contributed by atoms with Crippen molar-refractivity contribution in [2.45, 2.75) is 6.61 Å². The number of hydrogen-bond acceptors (Lipinski definition) is 4. The van der Waals surface area contributed by atoms with Crippen LogP contribution < -0.4 is 4.74 Å². The third-order valence-electron chi connectivity index (χ3n) is 2.27. The van der Waals surface area contributed by atoms with E-state index >= 15 is 0 Å². The number of para-hydroxylation sites is 2. The first-order chi connectivity index (χ1) is 8.66. The normalized spacial score (nSPS) is 10.0. The highest BCUT2D eigenvalue weighted by molar-refractivity contribution is 5.85. The maximum Gasteiger partial charge on any atom is 0.354 e. The molecule has 0 fully saturated rings. The molecule has 1 aromatic heterocycles. The van der Waals surface area contributed by atoms with Crippen molar-refractivity contribution in [1.82, 2.24) is 4.98 Å². The zero-order valence-electron chi connectivity index (χ0n) is 9.41. The fourth-order valence-corrected chi connectivity index (χ4v) is 1.41. The highest BCUT2D eigenvalue weighted by atomic mass is 16.5. The van der Waals surface area contributed by atoms with Crippen LogP contribution in [0.3, 0.4) is 0 Å². The van der Waals surface area contributed by atoms with Gasteiger partial charge in [0.25, 0.3) is 0 Å². The van der Waals surface area contributed by atoms with E-state index in [1.807, 2.05) is 0 Å². The van der Waals surface area contributed by atoms with Crippen molar-refractivity contribution >= 4 is 5.97 Å². The van der Waals surface area contributed by atoms with E-state index in [1.54, 1.807) is 30.3 Å². The average molecular weight is 245 g/mol. The summed E-state index contributed by atoms with van der Waals surface area (Å²) >= 11 is 0. The molecular weight excluding hydrogens is 234 g/mol. The van der Waals surface area contributed by atoms with Gasteiger partial charge < -0.3 is 14.9 Å². The van der Waals surface area contributed by atoms with Crippen molar-refractivity contribution in [2.75, 3.05) is 0 Å². The number of benzene rings is 1. The van der Waals surface area contributed by atoms with E-state index in [2.05, 4.69) is 4.98 Å². The quantitative estimate of drug-likeness (QED) is 0.861. The number of rotatable bonds is 4. The number of aromatic nitrogens is 1. The highest BCUT2D eigenvalue weighted by Crippen LogP contribution is 2.24. The largest absolute Gasteiger partial charge is 0.504 e. The molecule has 0 unspecified atom stereocenters. The molecule has 0 saturated carbocycles. The number of phenolic OH excluding ortho intramolecular Hbond substituents is 1. The van der Waals surface area contributed by atoms with Crippen LogP contribution in [0.2, 0.25) is 0 Å². The molecule has 18 heavy (non-hydrogen) atoms. The van der Waals surface area contributed by atoms with E-state index in [4.69, 9.17) is 9.84 Å². The van der Waals surface area contributed by atoms with Gasteiger partial charge in [-0.15, -0.1) is 0 Å². The van der Waals surface area contributed by atoms with Crippen molar-refractivity contribution in [3.05, 3.63) is 53.9 Å². The molecule has 0 radical (unpaired) electrons. The number of carbonyl (C=O) groups is 1. The number of hydrogen-bond donors (Lipinski definition) is 2. The Labute approximate surface area is 103 Å². The molecule has 1 aromatic carbocycles. The Bertz CT molecular complexity index is 568. The van der Waals surface area contributed by atoms with Crippen LogP contribution in [0.1, 0.15) is 16.2 Å². The average Bonchev–Trinajstić information content (AvgIpc) is 2.38. The van der Waals surface area contributed by atoms with E-state index in [1.165, 1.54) is 12.1 Å². The summed E-state index contributed by atoms with van der Waals surface area (Å²) in [6.45, 7) is 0.0959. The third kappa shape index (κ3) is 2.76. The summed E-state index contributed by atoms with van der Waals surface area (Å²) in [7, 11) is 0. The third-order valence-corrected chi connectivity index (χ3v) is 2.27. The van der Waals surface area contributed by atoms with Gasteiger partial charge in [-0.25, -0.2) is 9.78 Å². The second-order valence-electron chi connectivity index (χ2n) is 3.58. The zero-order chi connectivity index (χ0) is 13.0. The topological polar surface area (TPSA) is 79.7 Å². The van der Waals surface area contributed by atoms with Crippen molar-refractivity contribution in [2.24, 2.45) is 0 Å². The maximum atomic E-state index is 10.7. The Kier molecular flexibility index (Phi) is 3.43. The monoisotopic (exact) mass is 245 g/mol. The van der Waals surface area contributed by atoms with Crippen LogP contribution in [0.15, 0.2) is 42.5 Å². The lowest BCUT2D eigenvalue weighted by Gasteiger charge is -2.07. The maximum absolute atomic E-state index is 10.7. The molecule has 2 aromatic rings. The molecule has 0 spiro atoms. The van der Waals surface area contributed by atoms with Gasteiger partial charge in [0.2, 0.25) is 0 Å². The summed E-state index contributed by atoms with van der Waals surface area (Å²) in [6.07, 6.45) is 0. The van der Waals surface area contributed by atoms with Gasteiger partial charge in [0.15, 0.2) is 11.5 Å². The first-order valence-corrected chi connectivity index (χ1v) is 5.27. The van der Waals surface area contributed by atoms with Crippen LogP contribution in [0.4, 0.5) is 0 Å². The number of pyridine rings is 1. The van der Waals surface area contributed by atoms with Gasteiger partial charge in [0.1, 0.15) is 12.3 Å². The number of ether oxygens (including phenoxy) is 1. The lowest BCUT2D eigenvalue weighted by Crippen LogP contribution is -2.04. The van der Waals surface area contributed by atoms with Crippen molar-refractivity contribution < 1.29 is 19.7 Å². The van der Waals surface area contributed by atoms with Crippen LogP contribution in [0, 0.1) is 0 Å². The Morgan fingerprint density at radius 1 is 1.17 bits per heavy atom. The van der Waals surface area contributed by atoms with E-state index in [-0.39, 0.29) is 18.1 Å². The zero-order valence-corrected chi connectivity index (χ0v) is 9.41. The summed E-state index contributed by atoms with van der Waals surface area (Å²) in [5.74, 6) is -0.716. The first-order valence-electron chi connectivity index (χ1n) is 5.27. The number of aromatic hydroxyl groups is 1. The molecule has 5 heteroatoms. The predicted molar refractivity (Wildman–Crippen MR) is 63.6 cm³/mol. The SMILES string of the molecule is O=C(O)c1cccc(COc2ccccc2O)n1. The standard InChI is InChI=1S/C13H11NO4/c15-11-6-1-2-7-12(11)18-8-9-4-3-5-10(14-9)13(16)17/h1-7,15H,8H2,(H,16,17). The molecule has 0 aliphatic carbocycles. The smallest absolute Gasteiger partial charge is 0.354 e. The van der Waals surface area contributed by atoms with E-state index in [0.717, 1.165) is 0 Å². The lowest BCUT2D eigenvalue weighted by molar-refractivity contribution is 0.0690. The summed E-state index contributed by atoms with van der Waals surface area (Å²) in [5, 5.41) is 18.3. The summed E-state index contributed by atoms with van der Waals surface area (Å²) in [5.41, 5.74) is 0.450. The summed E-state index contributed by atoms with van der Waals surface area (Å²) in [4.78, 5) is 14.6. The number of nitrogens with zero attached hydrogens (tertiary/aromatic N) is 1. The van der Waals surface area contributed by atoms with Crippen molar-refractivity contribution in [3.8, 4) is 11.5 Å². The Balaban J connectivity index is 2.09. The minimum absolute atomic E-state index is 0.0339. The second kappa shape index (κ2) is 5.18. The minimum Gasteiger partial charge on any atom is -0.504 e. The second-order valence-corrected chi connectivity index (χ2v) is 3.58. The fraction of sp³-hybridized carbons (Fsp3) is 0.0769. The van der Waals surface area contributed by atoms with E-state index in [0.29, 0.717) is 11.4 Å². The molecule has 0 aliphatic rings. The van der Waals surface area contributed by atoms with Gasteiger partial charge in [0, 0.05) is 0 Å².